The lowest BCUT2D eigenvalue weighted by Gasteiger charge is -2.32. The van der Waals surface area contributed by atoms with E-state index < -0.39 is 10.1 Å². The van der Waals surface area contributed by atoms with Crippen LogP contribution in [-0.4, -0.2) is 40.1 Å². The van der Waals surface area contributed by atoms with E-state index in [0.717, 1.165) is 38.0 Å². The maximum atomic E-state index is 11.8. The average Bonchev–Trinajstić information content (AvgIpc) is 2.48. The molecule has 1 aliphatic rings. The van der Waals surface area contributed by atoms with Gasteiger partial charge in [0.1, 0.15) is 0 Å². The lowest BCUT2D eigenvalue weighted by molar-refractivity contribution is 0.208. The molecule has 20 heavy (non-hydrogen) atoms. The molecule has 0 unspecified atom stereocenters. The van der Waals surface area contributed by atoms with Gasteiger partial charge in [0.05, 0.1) is 12.0 Å². The third-order valence-electron chi connectivity index (χ3n) is 3.88. The molecule has 0 saturated carbocycles. The predicted octanol–water partition coefficient (Wildman–Crippen LogP) is 2.61. The average molecular weight is 297 g/mol. The number of rotatable bonds is 5. The zero-order chi connectivity index (χ0) is 14.6. The van der Waals surface area contributed by atoms with Crippen molar-refractivity contribution in [2.24, 2.45) is 0 Å². The second-order valence-electron chi connectivity index (χ2n) is 5.33. The Morgan fingerprint density at radius 3 is 2.90 bits per heavy atom. The normalized spacial score (nSPS) is 21.0. The summed E-state index contributed by atoms with van der Waals surface area (Å²) >= 11 is 0. The van der Waals surface area contributed by atoms with Crippen LogP contribution in [0.4, 0.5) is 0 Å². The van der Waals surface area contributed by atoms with Gasteiger partial charge in [-0.3, -0.25) is 4.18 Å². The van der Waals surface area contributed by atoms with Gasteiger partial charge in [-0.25, -0.2) is 0 Å². The van der Waals surface area contributed by atoms with Crippen molar-refractivity contribution in [1.29, 1.82) is 0 Å². The second-order valence-corrected chi connectivity index (χ2v) is 7.05. The molecule has 2 rings (SSSR count). The van der Waals surface area contributed by atoms with Crippen molar-refractivity contribution in [2.45, 2.75) is 37.0 Å². The van der Waals surface area contributed by atoms with Gasteiger partial charge < -0.3 is 4.90 Å². The summed E-state index contributed by atoms with van der Waals surface area (Å²) in [5.74, 6) is 0.419. The minimum absolute atomic E-state index is 0.255. The van der Waals surface area contributed by atoms with E-state index in [1.54, 1.807) is 18.2 Å². The quantitative estimate of drug-likeness (QED) is 0.784. The zero-order valence-electron chi connectivity index (χ0n) is 12.2. The molecule has 112 valence electrons. The van der Waals surface area contributed by atoms with Gasteiger partial charge in [0.25, 0.3) is 10.1 Å². The molecule has 1 aromatic carbocycles. The van der Waals surface area contributed by atoms with Gasteiger partial charge in [0, 0.05) is 6.54 Å². The van der Waals surface area contributed by atoms with Crippen LogP contribution in [0.1, 0.15) is 37.7 Å². The minimum Gasteiger partial charge on any atom is -0.303 e. The molecule has 1 fully saturated rings. The Balaban J connectivity index is 2.18. The smallest absolute Gasteiger partial charge is 0.296 e. The van der Waals surface area contributed by atoms with Crippen LogP contribution >= 0.6 is 0 Å². The third-order valence-corrected chi connectivity index (χ3v) is 5.15. The summed E-state index contributed by atoms with van der Waals surface area (Å²) in [4.78, 5) is 2.72. The maximum absolute atomic E-state index is 11.8. The number of hydrogen-bond donors (Lipinski definition) is 0. The molecular formula is C15H23NO3S. The highest BCUT2D eigenvalue weighted by atomic mass is 32.2. The van der Waals surface area contributed by atoms with Crippen molar-refractivity contribution < 1.29 is 12.6 Å². The second kappa shape index (κ2) is 6.70. The van der Waals surface area contributed by atoms with Crippen LogP contribution in [0.15, 0.2) is 29.2 Å². The lowest BCUT2D eigenvalue weighted by atomic mass is 9.90. The summed E-state index contributed by atoms with van der Waals surface area (Å²) in [5, 5.41) is 0. The van der Waals surface area contributed by atoms with Gasteiger partial charge >= 0.3 is 0 Å². The number of likely N-dealkylation sites (tertiary alicyclic amines) is 1. The molecule has 4 nitrogen and oxygen atoms in total. The topological polar surface area (TPSA) is 46.6 Å². The van der Waals surface area contributed by atoms with E-state index >= 15 is 0 Å². The fourth-order valence-electron chi connectivity index (χ4n) is 2.87. The van der Waals surface area contributed by atoms with Crippen LogP contribution in [0.2, 0.25) is 0 Å². The Morgan fingerprint density at radius 2 is 2.20 bits per heavy atom. The highest BCUT2D eigenvalue weighted by Gasteiger charge is 2.22. The van der Waals surface area contributed by atoms with Crippen LogP contribution < -0.4 is 0 Å². The molecule has 5 heteroatoms. The SMILES string of the molecule is CCCN1CCC[C@@H](c2cccc(S(=O)(=O)OC)c2)C1. The molecule has 0 aliphatic carbocycles. The number of benzene rings is 1. The van der Waals surface area contributed by atoms with E-state index in [9.17, 15) is 8.42 Å². The Kier molecular flexibility index (Phi) is 5.18. The monoisotopic (exact) mass is 297 g/mol. The Morgan fingerprint density at radius 1 is 1.40 bits per heavy atom. The first-order valence-electron chi connectivity index (χ1n) is 7.19. The summed E-state index contributed by atoms with van der Waals surface area (Å²) in [5.41, 5.74) is 1.10. The standard InChI is InChI=1S/C15H23NO3S/c1-3-9-16-10-5-7-14(12-16)13-6-4-8-15(11-13)20(17,18)19-2/h4,6,8,11,14H,3,5,7,9-10,12H2,1-2H3/t14-/m1/s1. The molecule has 1 aromatic rings. The molecule has 1 heterocycles. The van der Waals surface area contributed by atoms with E-state index in [1.165, 1.54) is 13.5 Å². The maximum Gasteiger partial charge on any atom is 0.296 e. The van der Waals surface area contributed by atoms with Crippen molar-refractivity contribution in [3.8, 4) is 0 Å². The van der Waals surface area contributed by atoms with Gasteiger partial charge in [-0.1, -0.05) is 19.1 Å². The van der Waals surface area contributed by atoms with E-state index in [4.69, 9.17) is 0 Å². The molecule has 1 aliphatic heterocycles. The van der Waals surface area contributed by atoms with Crippen molar-refractivity contribution in [1.82, 2.24) is 4.90 Å². The Hall–Kier alpha value is -0.910. The van der Waals surface area contributed by atoms with Crippen molar-refractivity contribution >= 4 is 10.1 Å². The van der Waals surface area contributed by atoms with Crippen molar-refractivity contribution in [2.75, 3.05) is 26.7 Å². The highest BCUT2D eigenvalue weighted by Crippen LogP contribution is 2.28. The van der Waals surface area contributed by atoms with E-state index in [0.29, 0.717) is 5.92 Å². The van der Waals surface area contributed by atoms with Crippen LogP contribution in [0, 0.1) is 0 Å². The largest absolute Gasteiger partial charge is 0.303 e. The summed E-state index contributed by atoms with van der Waals surface area (Å²) in [6.45, 7) is 5.48. The molecular weight excluding hydrogens is 274 g/mol. The van der Waals surface area contributed by atoms with Gasteiger partial charge in [0.15, 0.2) is 0 Å². The summed E-state index contributed by atoms with van der Waals surface area (Å²) in [6, 6.07) is 7.18. The molecule has 1 saturated heterocycles. The minimum atomic E-state index is -3.60. The van der Waals surface area contributed by atoms with Crippen LogP contribution in [0.3, 0.4) is 0 Å². The van der Waals surface area contributed by atoms with Crippen LogP contribution in [0.25, 0.3) is 0 Å². The molecule has 0 bridgehead atoms. The molecule has 0 aromatic heterocycles. The van der Waals surface area contributed by atoms with Crippen LogP contribution in [0.5, 0.6) is 0 Å². The summed E-state index contributed by atoms with van der Waals surface area (Å²) in [6.07, 6.45) is 3.45. The Bertz CT molecular complexity index is 540. The predicted molar refractivity (Wildman–Crippen MR) is 79.3 cm³/mol. The number of hydrogen-bond acceptors (Lipinski definition) is 4. The van der Waals surface area contributed by atoms with Gasteiger partial charge in [-0.15, -0.1) is 0 Å². The molecule has 0 spiro atoms. The summed E-state index contributed by atoms with van der Waals surface area (Å²) in [7, 11) is -2.40. The lowest BCUT2D eigenvalue weighted by Crippen LogP contribution is -2.34. The van der Waals surface area contributed by atoms with E-state index in [-0.39, 0.29) is 4.90 Å². The van der Waals surface area contributed by atoms with E-state index in [1.807, 2.05) is 6.07 Å². The van der Waals surface area contributed by atoms with Crippen molar-refractivity contribution in [3.63, 3.8) is 0 Å². The first kappa shape index (κ1) is 15.5. The van der Waals surface area contributed by atoms with Crippen LogP contribution in [-0.2, 0) is 14.3 Å². The molecule has 0 N–H and O–H groups in total. The van der Waals surface area contributed by atoms with Gasteiger partial charge in [-0.2, -0.15) is 8.42 Å². The van der Waals surface area contributed by atoms with Gasteiger partial charge in [0.2, 0.25) is 0 Å². The van der Waals surface area contributed by atoms with E-state index in [2.05, 4.69) is 16.0 Å². The zero-order valence-corrected chi connectivity index (χ0v) is 13.0. The first-order chi connectivity index (χ1) is 9.56. The highest BCUT2D eigenvalue weighted by molar-refractivity contribution is 7.86. The van der Waals surface area contributed by atoms with Crippen molar-refractivity contribution in [3.05, 3.63) is 29.8 Å². The molecule has 0 amide bonds. The first-order valence-corrected chi connectivity index (χ1v) is 8.60. The van der Waals surface area contributed by atoms with Gasteiger partial charge in [-0.05, 0) is 56.0 Å². The molecule has 1 atom stereocenters. The third kappa shape index (κ3) is 3.59. The summed E-state index contributed by atoms with van der Waals surface area (Å²) < 4.78 is 28.1. The molecule has 0 radical (unpaired) electrons. The Labute approximate surface area is 121 Å². The fraction of sp³-hybridized carbons (Fsp3) is 0.600. The number of nitrogens with zero attached hydrogens (tertiary/aromatic N) is 1. The fourth-order valence-corrected chi connectivity index (χ4v) is 3.59. The number of piperidine rings is 1.